The van der Waals surface area contributed by atoms with Gasteiger partial charge in [-0.05, 0) is 19.1 Å². The van der Waals surface area contributed by atoms with E-state index in [9.17, 15) is 0 Å². The van der Waals surface area contributed by atoms with E-state index in [2.05, 4.69) is 4.98 Å². The van der Waals surface area contributed by atoms with E-state index in [4.69, 9.17) is 26.8 Å². The maximum Gasteiger partial charge on any atom is 0.231 e. The van der Waals surface area contributed by atoms with Gasteiger partial charge in [0, 0.05) is 5.56 Å². The van der Waals surface area contributed by atoms with E-state index in [0.717, 1.165) is 16.3 Å². The molecule has 1 aliphatic rings. The normalized spacial score (nSPS) is 13.1. The first kappa shape index (κ1) is 10.7. The number of halogens is 1. The van der Waals surface area contributed by atoms with Gasteiger partial charge >= 0.3 is 0 Å². The largest absolute Gasteiger partial charge is 0.454 e. The van der Waals surface area contributed by atoms with Gasteiger partial charge in [-0.1, -0.05) is 11.6 Å². The van der Waals surface area contributed by atoms with Crippen LogP contribution in [0.5, 0.6) is 11.5 Å². The lowest BCUT2D eigenvalue weighted by Gasteiger charge is -2.03. The molecule has 1 aromatic heterocycles. The molecule has 0 spiro atoms. The molecule has 2 heterocycles. The third-order valence-corrected chi connectivity index (χ3v) is 3.54. The first-order chi connectivity index (χ1) is 8.15. The minimum Gasteiger partial charge on any atom is -0.454 e. The Kier molecular flexibility index (Phi) is 2.38. The first-order valence-electron chi connectivity index (χ1n) is 4.97. The van der Waals surface area contributed by atoms with Gasteiger partial charge in [0.2, 0.25) is 6.79 Å². The summed E-state index contributed by atoms with van der Waals surface area (Å²) in [6.45, 7) is 2.11. The molecule has 0 aliphatic carbocycles. The van der Waals surface area contributed by atoms with E-state index in [1.165, 1.54) is 11.3 Å². The summed E-state index contributed by atoms with van der Waals surface area (Å²) in [5.74, 6) is 1.22. The summed E-state index contributed by atoms with van der Waals surface area (Å²) in [6.07, 6.45) is 0. The molecule has 0 fully saturated rings. The highest BCUT2D eigenvalue weighted by atomic mass is 35.5. The zero-order valence-corrected chi connectivity index (χ0v) is 10.6. The average molecular weight is 269 g/mol. The Labute approximate surface area is 107 Å². The zero-order chi connectivity index (χ0) is 12.0. The molecule has 1 aliphatic heterocycles. The van der Waals surface area contributed by atoms with Crippen LogP contribution >= 0.6 is 22.9 Å². The standard InChI is InChI=1S/C11H9ClN2O2S/c1-5-14-9(11(13)17-5)6-2-7(12)10-8(3-6)15-4-16-10/h2-3H,4,13H2,1H3. The molecule has 2 N–H and O–H groups in total. The Morgan fingerprint density at radius 2 is 2.24 bits per heavy atom. The van der Waals surface area contributed by atoms with E-state index in [-0.39, 0.29) is 6.79 Å². The summed E-state index contributed by atoms with van der Waals surface area (Å²) in [4.78, 5) is 4.39. The topological polar surface area (TPSA) is 57.4 Å². The number of aromatic nitrogens is 1. The van der Waals surface area contributed by atoms with Gasteiger partial charge in [0.1, 0.15) is 10.7 Å². The van der Waals surface area contributed by atoms with Crippen LogP contribution in [0, 0.1) is 6.92 Å². The summed E-state index contributed by atoms with van der Waals surface area (Å²) >= 11 is 7.57. The third-order valence-electron chi connectivity index (χ3n) is 2.46. The fourth-order valence-electron chi connectivity index (χ4n) is 1.75. The van der Waals surface area contributed by atoms with Crippen LogP contribution in [-0.4, -0.2) is 11.8 Å². The molecule has 0 amide bonds. The number of thiazole rings is 1. The molecular formula is C11H9ClN2O2S. The smallest absolute Gasteiger partial charge is 0.231 e. The second-order valence-corrected chi connectivity index (χ2v) is 5.28. The van der Waals surface area contributed by atoms with Gasteiger partial charge in [-0.15, -0.1) is 11.3 Å². The van der Waals surface area contributed by atoms with Gasteiger partial charge in [-0.25, -0.2) is 4.98 Å². The number of anilines is 1. The number of ether oxygens (including phenoxy) is 2. The Bertz CT molecular complexity index is 597. The summed E-state index contributed by atoms with van der Waals surface area (Å²) in [6, 6.07) is 3.64. The Balaban J connectivity index is 2.16. The van der Waals surface area contributed by atoms with Crippen molar-refractivity contribution < 1.29 is 9.47 Å². The monoisotopic (exact) mass is 268 g/mol. The molecule has 1 aromatic carbocycles. The number of nitrogens with two attached hydrogens (primary N) is 1. The Hall–Kier alpha value is -1.46. The molecule has 0 bridgehead atoms. The van der Waals surface area contributed by atoms with Crippen LogP contribution in [-0.2, 0) is 0 Å². The number of nitrogen functional groups attached to an aromatic ring is 1. The van der Waals surface area contributed by atoms with Gasteiger partial charge < -0.3 is 15.2 Å². The minimum atomic E-state index is 0.198. The van der Waals surface area contributed by atoms with Gasteiger partial charge in [0.05, 0.1) is 10.0 Å². The van der Waals surface area contributed by atoms with E-state index in [0.29, 0.717) is 21.5 Å². The van der Waals surface area contributed by atoms with Crippen LogP contribution < -0.4 is 15.2 Å². The van der Waals surface area contributed by atoms with Crippen LogP contribution in [0.15, 0.2) is 12.1 Å². The van der Waals surface area contributed by atoms with Crippen molar-refractivity contribution in [1.29, 1.82) is 0 Å². The fraction of sp³-hybridized carbons (Fsp3) is 0.182. The lowest BCUT2D eigenvalue weighted by atomic mass is 10.1. The second-order valence-electron chi connectivity index (χ2n) is 3.64. The number of nitrogens with zero attached hydrogens (tertiary/aromatic N) is 1. The van der Waals surface area contributed by atoms with Crippen molar-refractivity contribution >= 4 is 27.9 Å². The van der Waals surface area contributed by atoms with Crippen molar-refractivity contribution in [3.8, 4) is 22.8 Å². The van der Waals surface area contributed by atoms with Crippen LogP contribution in [0.25, 0.3) is 11.3 Å². The summed E-state index contributed by atoms with van der Waals surface area (Å²) in [7, 11) is 0. The maximum absolute atomic E-state index is 6.11. The maximum atomic E-state index is 6.11. The molecule has 88 valence electrons. The van der Waals surface area contributed by atoms with Crippen LogP contribution in [0.4, 0.5) is 5.00 Å². The van der Waals surface area contributed by atoms with Crippen LogP contribution in [0.2, 0.25) is 5.02 Å². The van der Waals surface area contributed by atoms with Crippen molar-refractivity contribution in [2.24, 2.45) is 0 Å². The molecule has 4 nitrogen and oxygen atoms in total. The number of fused-ring (bicyclic) bond motifs is 1. The average Bonchev–Trinajstić information content (AvgIpc) is 2.84. The molecule has 0 atom stereocenters. The molecule has 0 saturated heterocycles. The van der Waals surface area contributed by atoms with Gasteiger partial charge in [-0.2, -0.15) is 0 Å². The van der Waals surface area contributed by atoms with Crippen molar-refractivity contribution in [2.75, 3.05) is 12.5 Å². The molecule has 17 heavy (non-hydrogen) atoms. The zero-order valence-electron chi connectivity index (χ0n) is 8.99. The van der Waals surface area contributed by atoms with E-state index in [1.54, 1.807) is 6.07 Å². The lowest BCUT2D eigenvalue weighted by molar-refractivity contribution is 0.174. The quantitative estimate of drug-likeness (QED) is 0.863. The van der Waals surface area contributed by atoms with Crippen molar-refractivity contribution in [2.45, 2.75) is 6.92 Å². The summed E-state index contributed by atoms with van der Waals surface area (Å²) < 4.78 is 10.6. The van der Waals surface area contributed by atoms with Crippen molar-refractivity contribution in [3.05, 3.63) is 22.2 Å². The fourth-order valence-corrected chi connectivity index (χ4v) is 2.73. The first-order valence-corrected chi connectivity index (χ1v) is 6.17. The molecule has 6 heteroatoms. The third kappa shape index (κ3) is 1.71. The number of benzene rings is 1. The second kappa shape index (κ2) is 3.78. The van der Waals surface area contributed by atoms with E-state index >= 15 is 0 Å². The summed E-state index contributed by atoms with van der Waals surface area (Å²) in [5, 5.41) is 2.11. The predicted octanol–water partition coefficient (Wildman–Crippen LogP) is 3.08. The van der Waals surface area contributed by atoms with Crippen LogP contribution in [0.1, 0.15) is 5.01 Å². The highest BCUT2D eigenvalue weighted by molar-refractivity contribution is 7.16. The van der Waals surface area contributed by atoms with Crippen molar-refractivity contribution in [3.63, 3.8) is 0 Å². The molecule has 2 aromatic rings. The van der Waals surface area contributed by atoms with Crippen LogP contribution in [0.3, 0.4) is 0 Å². The Morgan fingerprint density at radius 3 is 2.94 bits per heavy atom. The number of rotatable bonds is 1. The predicted molar refractivity (Wildman–Crippen MR) is 67.8 cm³/mol. The summed E-state index contributed by atoms with van der Waals surface area (Å²) in [5.41, 5.74) is 7.50. The highest BCUT2D eigenvalue weighted by Crippen LogP contribution is 2.43. The molecule has 0 radical (unpaired) electrons. The highest BCUT2D eigenvalue weighted by Gasteiger charge is 2.20. The number of aryl methyl sites for hydroxylation is 1. The Morgan fingerprint density at radius 1 is 1.41 bits per heavy atom. The van der Waals surface area contributed by atoms with Gasteiger partial charge in [-0.3, -0.25) is 0 Å². The number of hydrogen-bond acceptors (Lipinski definition) is 5. The van der Waals surface area contributed by atoms with E-state index in [1.807, 2.05) is 13.0 Å². The molecule has 0 saturated carbocycles. The minimum absolute atomic E-state index is 0.198. The van der Waals surface area contributed by atoms with E-state index < -0.39 is 0 Å². The molecule has 0 unspecified atom stereocenters. The SMILES string of the molecule is Cc1nc(-c2cc(Cl)c3c(c2)OCO3)c(N)s1. The molecule has 3 rings (SSSR count). The van der Waals surface area contributed by atoms with Crippen molar-refractivity contribution in [1.82, 2.24) is 4.98 Å². The lowest BCUT2D eigenvalue weighted by Crippen LogP contribution is -1.93. The van der Waals surface area contributed by atoms with Gasteiger partial charge in [0.15, 0.2) is 11.5 Å². The molecular weight excluding hydrogens is 260 g/mol. The number of hydrogen-bond donors (Lipinski definition) is 1. The van der Waals surface area contributed by atoms with Gasteiger partial charge in [0.25, 0.3) is 0 Å².